The van der Waals surface area contributed by atoms with Gasteiger partial charge in [0.15, 0.2) is 0 Å². The van der Waals surface area contributed by atoms with Gasteiger partial charge in [0.1, 0.15) is 12.4 Å². The third-order valence-corrected chi connectivity index (χ3v) is 4.11. The number of thioether (sulfide) groups is 1. The Kier molecular flexibility index (Phi) is 8.19. The molecule has 0 aromatic heterocycles. The molecule has 0 radical (unpaired) electrons. The Hall–Kier alpha value is -1.24. The molecule has 118 valence electrons. The third kappa shape index (κ3) is 5.95. The number of rotatable bonds is 9. The highest BCUT2D eigenvalue weighted by atomic mass is 32.2. The molecule has 0 spiro atoms. The van der Waals surface area contributed by atoms with Gasteiger partial charge in [0, 0.05) is 23.9 Å². The first kappa shape index (κ1) is 17.8. The van der Waals surface area contributed by atoms with Gasteiger partial charge >= 0.3 is 0 Å². The predicted molar refractivity (Wildman–Crippen MR) is 88.7 cm³/mol. The van der Waals surface area contributed by atoms with Gasteiger partial charge in [-0.1, -0.05) is 13.0 Å². The third-order valence-electron chi connectivity index (χ3n) is 3.39. The van der Waals surface area contributed by atoms with Gasteiger partial charge in [-0.15, -0.1) is 0 Å². The van der Waals surface area contributed by atoms with E-state index in [2.05, 4.69) is 30.6 Å². The standard InChI is InChI=1S/C15H25N3O2S/c1-4-13(11-21-3)18(2)8-9-20-14-7-5-6-12(10-14)15(19)17-16/h5-7,10,13H,4,8-9,11,16H2,1-3H3,(H,17,19). The molecule has 5 nitrogen and oxygen atoms in total. The summed E-state index contributed by atoms with van der Waals surface area (Å²) in [7, 11) is 2.12. The zero-order valence-corrected chi connectivity index (χ0v) is 13.8. The Labute approximate surface area is 131 Å². The zero-order valence-electron chi connectivity index (χ0n) is 13.0. The Morgan fingerprint density at radius 3 is 2.90 bits per heavy atom. The van der Waals surface area contributed by atoms with E-state index < -0.39 is 0 Å². The van der Waals surface area contributed by atoms with Crippen molar-refractivity contribution >= 4 is 17.7 Å². The fourth-order valence-electron chi connectivity index (χ4n) is 2.05. The molecule has 3 N–H and O–H groups in total. The Balaban J connectivity index is 2.46. The molecule has 1 unspecified atom stereocenters. The van der Waals surface area contributed by atoms with E-state index in [1.807, 2.05) is 17.8 Å². The predicted octanol–water partition coefficient (Wildman–Crippen LogP) is 1.74. The monoisotopic (exact) mass is 311 g/mol. The van der Waals surface area contributed by atoms with E-state index in [0.717, 1.165) is 18.7 Å². The van der Waals surface area contributed by atoms with Crippen molar-refractivity contribution in [3.8, 4) is 5.75 Å². The maximum absolute atomic E-state index is 11.4. The summed E-state index contributed by atoms with van der Waals surface area (Å²) in [6.45, 7) is 3.65. The normalized spacial score (nSPS) is 12.2. The minimum atomic E-state index is -0.316. The van der Waals surface area contributed by atoms with E-state index in [1.54, 1.807) is 18.2 Å². The van der Waals surface area contributed by atoms with Crippen LogP contribution in [-0.4, -0.2) is 49.1 Å². The quantitative estimate of drug-likeness (QED) is 0.413. The molecule has 1 amide bonds. The largest absolute Gasteiger partial charge is 0.492 e. The van der Waals surface area contributed by atoms with Gasteiger partial charge in [-0.2, -0.15) is 11.8 Å². The lowest BCUT2D eigenvalue weighted by molar-refractivity contribution is 0.0953. The van der Waals surface area contributed by atoms with Gasteiger partial charge in [0.05, 0.1) is 0 Å². The van der Waals surface area contributed by atoms with Crippen LogP contribution in [0.2, 0.25) is 0 Å². The lowest BCUT2D eigenvalue weighted by Gasteiger charge is -2.26. The summed E-state index contributed by atoms with van der Waals surface area (Å²) >= 11 is 1.86. The van der Waals surface area contributed by atoms with Crippen molar-refractivity contribution in [2.24, 2.45) is 5.84 Å². The molecular formula is C15H25N3O2S. The summed E-state index contributed by atoms with van der Waals surface area (Å²) < 4.78 is 5.72. The summed E-state index contributed by atoms with van der Waals surface area (Å²) in [5.41, 5.74) is 2.61. The average Bonchev–Trinajstić information content (AvgIpc) is 2.51. The fourth-order valence-corrected chi connectivity index (χ4v) is 2.92. The number of carbonyl (C=O) groups excluding carboxylic acids is 1. The first-order valence-electron chi connectivity index (χ1n) is 7.05. The minimum absolute atomic E-state index is 0.316. The molecule has 0 aliphatic heterocycles. The van der Waals surface area contributed by atoms with Crippen LogP contribution in [0.4, 0.5) is 0 Å². The number of carbonyl (C=O) groups is 1. The van der Waals surface area contributed by atoms with E-state index in [0.29, 0.717) is 24.0 Å². The van der Waals surface area contributed by atoms with E-state index in [1.165, 1.54) is 0 Å². The van der Waals surface area contributed by atoms with E-state index in [4.69, 9.17) is 10.6 Å². The highest BCUT2D eigenvalue weighted by molar-refractivity contribution is 7.98. The Morgan fingerprint density at radius 2 is 2.29 bits per heavy atom. The summed E-state index contributed by atoms with van der Waals surface area (Å²) in [4.78, 5) is 13.8. The lowest BCUT2D eigenvalue weighted by atomic mass is 10.2. The van der Waals surface area contributed by atoms with Crippen molar-refractivity contribution in [2.45, 2.75) is 19.4 Å². The molecule has 0 bridgehead atoms. The number of nitrogen functional groups attached to an aromatic ring is 1. The van der Waals surface area contributed by atoms with Crippen LogP contribution in [0.5, 0.6) is 5.75 Å². The Bertz CT molecular complexity index is 443. The Morgan fingerprint density at radius 1 is 1.52 bits per heavy atom. The molecule has 1 atom stereocenters. The number of nitrogens with zero attached hydrogens (tertiary/aromatic N) is 1. The van der Waals surface area contributed by atoms with E-state index in [9.17, 15) is 4.79 Å². The van der Waals surface area contributed by atoms with Crippen molar-refractivity contribution in [3.63, 3.8) is 0 Å². The molecule has 1 aromatic rings. The SMILES string of the molecule is CCC(CSC)N(C)CCOc1cccc(C(=O)NN)c1. The van der Waals surface area contributed by atoms with Gasteiger partial charge in [0.2, 0.25) is 0 Å². The van der Waals surface area contributed by atoms with Crippen LogP contribution in [0.25, 0.3) is 0 Å². The molecule has 0 saturated carbocycles. The van der Waals surface area contributed by atoms with Crippen LogP contribution in [-0.2, 0) is 0 Å². The van der Waals surface area contributed by atoms with Gasteiger partial charge < -0.3 is 4.74 Å². The average molecular weight is 311 g/mol. The molecule has 0 aliphatic rings. The number of hydrogen-bond acceptors (Lipinski definition) is 5. The maximum Gasteiger partial charge on any atom is 0.265 e. The maximum atomic E-state index is 11.4. The number of ether oxygens (including phenoxy) is 1. The van der Waals surface area contributed by atoms with Gasteiger partial charge in [-0.3, -0.25) is 15.1 Å². The number of benzene rings is 1. The molecule has 21 heavy (non-hydrogen) atoms. The van der Waals surface area contributed by atoms with Crippen molar-refractivity contribution in [3.05, 3.63) is 29.8 Å². The van der Waals surface area contributed by atoms with Crippen molar-refractivity contribution in [1.82, 2.24) is 10.3 Å². The van der Waals surface area contributed by atoms with Gasteiger partial charge in [0.25, 0.3) is 5.91 Å². The number of hydrazine groups is 1. The highest BCUT2D eigenvalue weighted by Gasteiger charge is 2.12. The van der Waals surface area contributed by atoms with Crippen LogP contribution in [0.3, 0.4) is 0 Å². The molecule has 0 aliphatic carbocycles. The second kappa shape index (κ2) is 9.65. The minimum Gasteiger partial charge on any atom is -0.492 e. The summed E-state index contributed by atoms with van der Waals surface area (Å²) in [6, 6.07) is 7.59. The molecule has 0 heterocycles. The number of amides is 1. The fraction of sp³-hybridized carbons (Fsp3) is 0.533. The van der Waals surface area contributed by atoms with E-state index in [-0.39, 0.29) is 5.91 Å². The van der Waals surface area contributed by atoms with Crippen LogP contribution in [0.15, 0.2) is 24.3 Å². The topological polar surface area (TPSA) is 67.6 Å². The first-order valence-corrected chi connectivity index (χ1v) is 8.44. The van der Waals surface area contributed by atoms with E-state index >= 15 is 0 Å². The second-order valence-electron chi connectivity index (χ2n) is 4.85. The van der Waals surface area contributed by atoms with Crippen molar-refractivity contribution in [1.29, 1.82) is 0 Å². The molecule has 6 heteroatoms. The second-order valence-corrected chi connectivity index (χ2v) is 5.76. The van der Waals surface area contributed by atoms with Gasteiger partial charge in [-0.05, 0) is 37.9 Å². The van der Waals surface area contributed by atoms with Gasteiger partial charge in [-0.25, -0.2) is 5.84 Å². The smallest absolute Gasteiger partial charge is 0.265 e. The van der Waals surface area contributed by atoms with Crippen LogP contribution < -0.4 is 16.0 Å². The van der Waals surface area contributed by atoms with Crippen molar-refractivity contribution in [2.75, 3.05) is 32.2 Å². The number of hydrogen-bond donors (Lipinski definition) is 2. The first-order chi connectivity index (χ1) is 10.1. The number of likely N-dealkylation sites (N-methyl/N-ethyl adjacent to an activating group) is 1. The van der Waals surface area contributed by atoms with Crippen LogP contribution in [0.1, 0.15) is 23.7 Å². The molecule has 0 saturated heterocycles. The highest BCUT2D eigenvalue weighted by Crippen LogP contribution is 2.14. The lowest BCUT2D eigenvalue weighted by Crippen LogP contribution is -2.36. The summed E-state index contributed by atoms with van der Waals surface area (Å²) in [5, 5.41) is 0. The molecule has 1 aromatic carbocycles. The van der Waals surface area contributed by atoms with Crippen LogP contribution >= 0.6 is 11.8 Å². The molecule has 1 rings (SSSR count). The molecular weight excluding hydrogens is 286 g/mol. The zero-order chi connectivity index (χ0) is 15.7. The number of nitrogens with one attached hydrogen (secondary N) is 1. The van der Waals surface area contributed by atoms with Crippen molar-refractivity contribution < 1.29 is 9.53 Å². The van der Waals surface area contributed by atoms with Crippen LogP contribution in [0, 0.1) is 0 Å². The summed E-state index contributed by atoms with van der Waals surface area (Å²) in [5.74, 6) is 6.61. The summed E-state index contributed by atoms with van der Waals surface area (Å²) in [6.07, 6.45) is 3.25. The molecule has 0 fully saturated rings. The number of nitrogens with two attached hydrogens (primary N) is 1.